The van der Waals surface area contributed by atoms with E-state index < -0.39 is 0 Å². The van der Waals surface area contributed by atoms with Crippen LogP contribution in [0.1, 0.15) is 19.3 Å². The number of hydrogen-bond donors (Lipinski definition) is 2. The Hall–Kier alpha value is -1.81. The van der Waals surface area contributed by atoms with Crippen molar-refractivity contribution in [3.63, 3.8) is 0 Å². The summed E-state index contributed by atoms with van der Waals surface area (Å²) in [5.74, 6) is 1.86. The summed E-state index contributed by atoms with van der Waals surface area (Å²) in [7, 11) is 1.71. The maximum atomic E-state index is 5.43. The van der Waals surface area contributed by atoms with E-state index >= 15 is 0 Å². The molecule has 0 spiro atoms. The quantitative estimate of drug-likeness (QED) is 0.901. The summed E-state index contributed by atoms with van der Waals surface area (Å²) in [4.78, 5) is 4.52. The van der Waals surface area contributed by atoms with E-state index in [1.807, 2.05) is 24.4 Å². The molecule has 2 heterocycles. The second kappa shape index (κ2) is 6.09. The van der Waals surface area contributed by atoms with Crippen LogP contribution in [0.4, 0.5) is 5.82 Å². The maximum Gasteiger partial charge on any atom is 0.134 e. The molecule has 20 heavy (non-hydrogen) atoms. The maximum absolute atomic E-state index is 5.43. The summed E-state index contributed by atoms with van der Waals surface area (Å²) in [6.45, 7) is 2.20. The van der Waals surface area contributed by atoms with Crippen LogP contribution in [0.2, 0.25) is 0 Å². The van der Waals surface area contributed by atoms with Gasteiger partial charge in [0.1, 0.15) is 11.6 Å². The van der Waals surface area contributed by atoms with E-state index in [9.17, 15) is 0 Å². The summed E-state index contributed by atoms with van der Waals surface area (Å²) in [6.07, 6.45) is 5.39. The van der Waals surface area contributed by atoms with Gasteiger partial charge in [-0.2, -0.15) is 0 Å². The summed E-state index contributed by atoms with van der Waals surface area (Å²) in [5, 5.41) is 9.29. The molecule has 2 N–H and O–H groups in total. The fourth-order valence-corrected chi connectivity index (χ4v) is 2.83. The van der Waals surface area contributed by atoms with E-state index in [0.717, 1.165) is 41.9 Å². The zero-order valence-electron chi connectivity index (χ0n) is 11.9. The summed E-state index contributed by atoms with van der Waals surface area (Å²) in [6, 6.07) is 8.61. The molecule has 0 saturated carbocycles. The van der Waals surface area contributed by atoms with Crippen LogP contribution in [-0.4, -0.2) is 31.2 Å². The predicted molar refractivity (Wildman–Crippen MR) is 82.4 cm³/mol. The Kier molecular flexibility index (Phi) is 4.02. The molecule has 0 radical (unpaired) electrons. The highest BCUT2D eigenvalue weighted by molar-refractivity contribution is 5.95. The molecule has 1 aromatic heterocycles. The number of pyridine rings is 1. The van der Waals surface area contributed by atoms with Crippen molar-refractivity contribution in [1.82, 2.24) is 10.3 Å². The summed E-state index contributed by atoms with van der Waals surface area (Å²) in [5.41, 5.74) is 0. The molecule has 1 fully saturated rings. The van der Waals surface area contributed by atoms with E-state index in [0.29, 0.717) is 6.04 Å². The number of nitrogens with one attached hydrogen (secondary N) is 2. The number of nitrogens with zero attached hydrogens (tertiary/aromatic N) is 1. The van der Waals surface area contributed by atoms with Gasteiger partial charge in [-0.3, -0.25) is 0 Å². The van der Waals surface area contributed by atoms with Gasteiger partial charge in [0.2, 0.25) is 0 Å². The van der Waals surface area contributed by atoms with Crippen molar-refractivity contribution in [1.29, 1.82) is 0 Å². The number of benzene rings is 1. The van der Waals surface area contributed by atoms with Crippen LogP contribution < -0.4 is 15.4 Å². The van der Waals surface area contributed by atoms with Gasteiger partial charge in [-0.1, -0.05) is 12.1 Å². The van der Waals surface area contributed by atoms with E-state index in [1.165, 1.54) is 12.8 Å². The molecule has 3 rings (SSSR count). The smallest absolute Gasteiger partial charge is 0.134 e. The molecule has 4 heteroatoms. The van der Waals surface area contributed by atoms with Crippen LogP contribution in [0.15, 0.2) is 30.5 Å². The highest BCUT2D eigenvalue weighted by atomic mass is 16.5. The molecular weight excluding hydrogens is 250 g/mol. The molecule has 2 aromatic rings. The number of rotatable bonds is 3. The zero-order chi connectivity index (χ0) is 13.8. The van der Waals surface area contributed by atoms with Crippen molar-refractivity contribution in [3.8, 4) is 5.75 Å². The number of fused-ring (bicyclic) bond motifs is 1. The van der Waals surface area contributed by atoms with E-state index in [2.05, 4.69) is 21.7 Å². The molecule has 1 unspecified atom stereocenters. The van der Waals surface area contributed by atoms with E-state index in [1.54, 1.807) is 7.11 Å². The monoisotopic (exact) mass is 271 g/mol. The second-order valence-corrected chi connectivity index (χ2v) is 5.24. The molecule has 1 saturated heterocycles. The molecule has 0 aliphatic carbocycles. The van der Waals surface area contributed by atoms with Gasteiger partial charge in [0, 0.05) is 23.0 Å². The molecule has 1 aromatic carbocycles. The lowest BCUT2D eigenvalue weighted by molar-refractivity contribution is 0.420. The Balaban J connectivity index is 1.91. The SMILES string of the molecule is COc1cccc2c(NC3CCCNCC3)nccc12. The molecule has 4 nitrogen and oxygen atoms in total. The average Bonchev–Trinajstić information content (AvgIpc) is 2.76. The first-order chi connectivity index (χ1) is 9.88. The fourth-order valence-electron chi connectivity index (χ4n) is 2.83. The van der Waals surface area contributed by atoms with Crippen molar-refractivity contribution in [2.45, 2.75) is 25.3 Å². The number of hydrogen-bond acceptors (Lipinski definition) is 4. The standard InChI is InChI=1S/C16H21N3O/c1-20-15-6-2-5-14-13(15)8-11-18-16(14)19-12-4-3-9-17-10-7-12/h2,5-6,8,11-12,17H,3-4,7,9-10H2,1H3,(H,18,19). The van der Waals surface area contributed by atoms with Crippen LogP contribution >= 0.6 is 0 Å². The zero-order valence-corrected chi connectivity index (χ0v) is 11.9. The van der Waals surface area contributed by atoms with Crippen LogP contribution in [-0.2, 0) is 0 Å². The number of methoxy groups -OCH3 is 1. The number of ether oxygens (including phenoxy) is 1. The first kappa shape index (κ1) is 13.2. The minimum atomic E-state index is 0.495. The summed E-state index contributed by atoms with van der Waals surface area (Å²) < 4.78 is 5.43. The first-order valence-electron chi connectivity index (χ1n) is 7.27. The van der Waals surface area contributed by atoms with Gasteiger partial charge in [-0.25, -0.2) is 4.98 Å². The molecule has 106 valence electrons. The molecule has 1 atom stereocenters. The second-order valence-electron chi connectivity index (χ2n) is 5.24. The van der Waals surface area contributed by atoms with Crippen molar-refractivity contribution >= 4 is 16.6 Å². The van der Waals surface area contributed by atoms with Crippen molar-refractivity contribution < 1.29 is 4.74 Å². The minimum Gasteiger partial charge on any atom is -0.496 e. The molecule has 1 aliphatic rings. The molecular formula is C16H21N3O. The lowest BCUT2D eigenvalue weighted by Crippen LogP contribution is -2.22. The Bertz CT molecular complexity index is 577. The van der Waals surface area contributed by atoms with Gasteiger partial charge in [0.05, 0.1) is 7.11 Å². The highest BCUT2D eigenvalue weighted by Gasteiger charge is 2.14. The van der Waals surface area contributed by atoms with Gasteiger partial charge in [0.25, 0.3) is 0 Å². The van der Waals surface area contributed by atoms with Gasteiger partial charge in [-0.05, 0) is 44.5 Å². The number of aromatic nitrogens is 1. The number of anilines is 1. The van der Waals surface area contributed by atoms with E-state index in [4.69, 9.17) is 4.74 Å². The van der Waals surface area contributed by atoms with Crippen molar-refractivity contribution in [3.05, 3.63) is 30.5 Å². The van der Waals surface area contributed by atoms with Crippen LogP contribution in [0, 0.1) is 0 Å². The lowest BCUT2D eigenvalue weighted by atomic mass is 10.1. The largest absolute Gasteiger partial charge is 0.496 e. The van der Waals surface area contributed by atoms with Crippen molar-refractivity contribution in [2.24, 2.45) is 0 Å². The van der Waals surface area contributed by atoms with E-state index in [-0.39, 0.29) is 0 Å². The highest BCUT2D eigenvalue weighted by Crippen LogP contribution is 2.29. The van der Waals surface area contributed by atoms with Gasteiger partial charge in [0.15, 0.2) is 0 Å². The average molecular weight is 271 g/mol. The van der Waals surface area contributed by atoms with Crippen LogP contribution in [0.5, 0.6) is 5.75 Å². The predicted octanol–water partition coefficient (Wildman–Crippen LogP) is 2.80. The van der Waals surface area contributed by atoms with Crippen LogP contribution in [0.3, 0.4) is 0 Å². The lowest BCUT2D eigenvalue weighted by Gasteiger charge is -2.18. The fraction of sp³-hybridized carbons (Fsp3) is 0.438. The summed E-state index contributed by atoms with van der Waals surface area (Å²) >= 11 is 0. The topological polar surface area (TPSA) is 46.2 Å². The molecule has 1 aliphatic heterocycles. The third-order valence-corrected chi connectivity index (χ3v) is 3.90. The third-order valence-electron chi connectivity index (χ3n) is 3.90. The Morgan fingerprint density at radius 3 is 3.05 bits per heavy atom. The minimum absolute atomic E-state index is 0.495. The third kappa shape index (κ3) is 2.70. The van der Waals surface area contributed by atoms with Gasteiger partial charge < -0.3 is 15.4 Å². The van der Waals surface area contributed by atoms with Gasteiger partial charge >= 0.3 is 0 Å². The molecule has 0 amide bonds. The normalized spacial score (nSPS) is 19.6. The Morgan fingerprint density at radius 1 is 1.20 bits per heavy atom. The van der Waals surface area contributed by atoms with Crippen LogP contribution in [0.25, 0.3) is 10.8 Å². The van der Waals surface area contributed by atoms with Gasteiger partial charge in [-0.15, -0.1) is 0 Å². The molecule has 0 bridgehead atoms. The Labute approximate surface area is 119 Å². The van der Waals surface area contributed by atoms with Crippen molar-refractivity contribution in [2.75, 3.05) is 25.5 Å². The Morgan fingerprint density at radius 2 is 2.15 bits per heavy atom. The first-order valence-corrected chi connectivity index (χ1v) is 7.27.